The van der Waals surface area contributed by atoms with Crippen LogP contribution in [0.2, 0.25) is 0 Å². The molecule has 0 spiro atoms. The van der Waals surface area contributed by atoms with E-state index in [1.165, 1.54) is 17.5 Å². The molecular formula is C15H22N2O. The summed E-state index contributed by atoms with van der Waals surface area (Å²) in [6.45, 7) is 3.90. The van der Waals surface area contributed by atoms with E-state index in [1.54, 1.807) is 0 Å². The van der Waals surface area contributed by atoms with Gasteiger partial charge in [0.2, 0.25) is 5.91 Å². The molecule has 0 aliphatic heterocycles. The standard InChI is InChI=1S/C15H22N2O/c1-3-15(16,4-2)14(18)17-13-9-8-11-6-5-7-12(11)10-13/h8-10H,3-7,16H2,1-2H3,(H,17,18). The van der Waals surface area contributed by atoms with Crippen molar-refractivity contribution < 1.29 is 4.79 Å². The molecule has 1 amide bonds. The Balaban J connectivity index is 2.12. The number of nitrogens with one attached hydrogen (secondary N) is 1. The Kier molecular flexibility index (Phi) is 3.71. The fourth-order valence-corrected chi connectivity index (χ4v) is 2.48. The number of carbonyl (C=O) groups is 1. The van der Waals surface area contributed by atoms with Crippen molar-refractivity contribution in [1.82, 2.24) is 0 Å². The minimum Gasteiger partial charge on any atom is -0.324 e. The number of anilines is 1. The smallest absolute Gasteiger partial charge is 0.244 e. The van der Waals surface area contributed by atoms with Gasteiger partial charge in [0.1, 0.15) is 0 Å². The van der Waals surface area contributed by atoms with Crippen molar-refractivity contribution in [2.45, 2.75) is 51.5 Å². The summed E-state index contributed by atoms with van der Waals surface area (Å²) >= 11 is 0. The predicted molar refractivity (Wildman–Crippen MR) is 74.6 cm³/mol. The molecule has 0 radical (unpaired) electrons. The Morgan fingerprint density at radius 1 is 1.28 bits per heavy atom. The largest absolute Gasteiger partial charge is 0.324 e. The van der Waals surface area contributed by atoms with Crippen LogP contribution in [0.5, 0.6) is 0 Å². The molecule has 0 saturated heterocycles. The predicted octanol–water partition coefficient (Wildman–Crippen LogP) is 2.63. The summed E-state index contributed by atoms with van der Waals surface area (Å²) in [5.41, 5.74) is 8.99. The third-order valence-corrected chi connectivity index (χ3v) is 4.07. The fourth-order valence-electron chi connectivity index (χ4n) is 2.48. The number of hydrogen-bond donors (Lipinski definition) is 2. The third kappa shape index (κ3) is 2.41. The summed E-state index contributed by atoms with van der Waals surface area (Å²) in [5, 5.41) is 2.95. The molecule has 3 N–H and O–H groups in total. The third-order valence-electron chi connectivity index (χ3n) is 4.07. The van der Waals surface area contributed by atoms with Gasteiger partial charge in [0.15, 0.2) is 0 Å². The van der Waals surface area contributed by atoms with Gasteiger partial charge in [-0.2, -0.15) is 0 Å². The van der Waals surface area contributed by atoms with Crippen molar-refractivity contribution in [2.24, 2.45) is 5.73 Å². The Hall–Kier alpha value is -1.35. The van der Waals surface area contributed by atoms with E-state index < -0.39 is 5.54 Å². The van der Waals surface area contributed by atoms with Gasteiger partial charge in [0, 0.05) is 5.69 Å². The Bertz CT molecular complexity index is 450. The maximum Gasteiger partial charge on any atom is 0.244 e. The first kappa shape index (κ1) is 13.1. The van der Waals surface area contributed by atoms with Gasteiger partial charge in [0.05, 0.1) is 5.54 Å². The van der Waals surface area contributed by atoms with Crippen LogP contribution in [-0.2, 0) is 17.6 Å². The van der Waals surface area contributed by atoms with Gasteiger partial charge in [-0.1, -0.05) is 19.9 Å². The van der Waals surface area contributed by atoms with E-state index in [0.29, 0.717) is 12.8 Å². The number of fused-ring (bicyclic) bond motifs is 1. The molecule has 2 rings (SSSR count). The van der Waals surface area contributed by atoms with E-state index in [2.05, 4.69) is 17.4 Å². The van der Waals surface area contributed by atoms with E-state index in [1.807, 2.05) is 19.9 Å². The van der Waals surface area contributed by atoms with E-state index in [9.17, 15) is 4.79 Å². The molecule has 0 heterocycles. The number of benzene rings is 1. The van der Waals surface area contributed by atoms with Gasteiger partial charge in [-0.05, 0) is 55.4 Å². The highest BCUT2D eigenvalue weighted by molar-refractivity contribution is 5.98. The Labute approximate surface area is 109 Å². The highest BCUT2D eigenvalue weighted by atomic mass is 16.2. The van der Waals surface area contributed by atoms with Crippen LogP contribution < -0.4 is 11.1 Å². The highest BCUT2D eigenvalue weighted by Crippen LogP contribution is 2.25. The van der Waals surface area contributed by atoms with Gasteiger partial charge in [-0.25, -0.2) is 0 Å². The Morgan fingerprint density at radius 3 is 2.61 bits per heavy atom. The van der Waals surface area contributed by atoms with E-state index in [4.69, 9.17) is 5.73 Å². The lowest BCUT2D eigenvalue weighted by Crippen LogP contribution is -2.50. The van der Waals surface area contributed by atoms with Crippen molar-refractivity contribution in [2.75, 3.05) is 5.32 Å². The molecule has 1 aromatic carbocycles. The maximum absolute atomic E-state index is 12.2. The second-order valence-corrected chi connectivity index (χ2v) is 5.15. The van der Waals surface area contributed by atoms with Crippen molar-refractivity contribution in [1.29, 1.82) is 0 Å². The Morgan fingerprint density at radius 2 is 1.94 bits per heavy atom. The summed E-state index contributed by atoms with van der Waals surface area (Å²) in [4.78, 5) is 12.2. The summed E-state index contributed by atoms with van der Waals surface area (Å²) in [6, 6.07) is 6.19. The topological polar surface area (TPSA) is 55.1 Å². The first-order valence-electron chi connectivity index (χ1n) is 6.81. The average Bonchev–Trinajstić information content (AvgIpc) is 2.85. The van der Waals surface area contributed by atoms with E-state index in [0.717, 1.165) is 18.5 Å². The molecular weight excluding hydrogens is 224 g/mol. The lowest BCUT2D eigenvalue weighted by atomic mass is 9.93. The summed E-state index contributed by atoms with van der Waals surface area (Å²) in [5.74, 6) is -0.0783. The molecule has 18 heavy (non-hydrogen) atoms. The van der Waals surface area contributed by atoms with Crippen molar-refractivity contribution in [3.8, 4) is 0 Å². The number of carbonyl (C=O) groups excluding carboxylic acids is 1. The molecule has 0 aromatic heterocycles. The molecule has 0 bridgehead atoms. The van der Waals surface area contributed by atoms with Crippen molar-refractivity contribution in [3.05, 3.63) is 29.3 Å². The number of amides is 1. The first-order chi connectivity index (χ1) is 8.59. The number of hydrogen-bond acceptors (Lipinski definition) is 2. The highest BCUT2D eigenvalue weighted by Gasteiger charge is 2.29. The van der Waals surface area contributed by atoms with Gasteiger partial charge in [-0.15, -0.1) is 0 Å². The molecule has 0 unspecified atom stereocenters. The zero-order valence-corrected chi connectivity index (χ0v) is 11.3. The first-order valence-corrected chi connectivity index (χ1v) is 6.81. The van der Waals surface area contributed by atoms with Gasteiger partial charge in [0.25, 0.3) is 0 Å². The van der Waals surface area contributed by atoms with Crippen LogP contribution >= 0.6 is 0 Å². The van der Waals surface area contributed by atoms with Crippen LogP contribution in [0.15, 0.2) is 18.2 Å². The number of rotatable bonds is 4. The van der Waals surface area contributed by atoms with Crippen LogP contribution in [0.3, 0.4) is 0 Å². The van der Waals surface area contributed by atoms with E-state index >= 15 is 0 Å². The molecule has 1 aliphatic rings. The van der Waals surface area contributed by atoms with Gasteiger partial charge < -0.3 is 11.1 Å². The van der Waals surface area contributed by atoms with Gasteiger partial charge in [-0.3, -0.25) is 4.79 Å². The van der Waals surface area contributed by atoms with Crippen LogP contribution in [0.1, 0.15) is 44.2 Å². The van der Waals surface area contributed by atoms with Crippen molar-refractivity contribution >= 4 is 11.6 Å². The van der Waals surface area contributed by atoms with Crippen LogP contribution in [0.4, 0.5) is 5.69 Å². The monoisotopic (exact) mass is 246 g/mol. The average molecular weight is 246 g/mol. The quantitative estimate of drug-likeness (QED) is 0.858. The molecule has 0 saturated carbocycles. The zero-order chi connectivity index (χ0) is 13.2. The molecule has 1 aliphatic carbocycles. The van der Waals surface area contributed by atoms with Crippen LogP contribution in [0, 0.1) is 0 Å². The lowest BCUT2D eigenvalue weighted by Gasteiger charge is -2.25. The number of aryl methyl sites for hydroxylation is 2. The number of nitrogens with two attached hydrogens (primary N) is 1. The molecule has 0 atom stereocenters. The molecule has 98 valence electrons. The van der Waals surface area contributed by atoms with Crippen LogP contribution in [-0.4, -0.2) is 11.4 Å². The second-order valence-electron chi connectivity index (χ2n) is 5.15. The summed E-state index contributed by atoms with van der Waals surface area (Å²) < 4.78 is 0. The van der Waals surface area contributed by atoms with E-state index in [-0.39, 0.29) is 5.91 Å². The second kappa shape index (κ2) is 5.11. The van der Waals surface area contributed by atoms with Crippen molar-refractivity contribution in [3.63, 3.8) is 0 Å². The molecule has 3 heteroatoms. The minimum absolute atomic E-state index is 0.0783. The normalized spacial score (nSPS) is 14.4. The molecule has 1 aromatic rings. The lowest BCUT2D eigenvalue weighted by molar-refractivity contribution is -0.121. The zero-order valence-electron chi connectivity index (χ0n) is 11.3. The molecule has 3 nitrogen and oxygen atoms in total. The maximum atomic E-state index is 12.2. The minimum atomic E-state index is -0.751. The molecule has 0 fully saturated rings. The fraction of sp³-hybridized carbons (Fsp3) is 0.533. The van der Waals surface area contributed by atoms with Gasteiger partial charge >= 0.3 is 0 Å². The summed E-state index contributed by atoms with van der Waals surface area (Å²) in [7, 11) is 0. The summed E-state index contributed by atoms with van der Waals surface area (Å²) in [6.07, 6.45) is 4.81. The SMILES string of the molecule is CCC(N)(CC)C(=O)Nc1ccc2c(c1)CCC2. The van der Waals surface area contributed by atoms with Crippen LogP contribution in [0.25, 0.3) is 0 Å².